The molecule has 0 spiro atoms. The van der Waals surface area contributed by atoms with Crippen LogP contribution in [0.3, 0.4) is 0 Å². The zero-order valence-corrected chi connectivity index (χ0v) is 14.3. The highest BCUT2D eigenvalue weighted by Gasteiger charge is 2.12. The zero-order valence-electron chi connectivity index (χ0n) is 14.3. The SMILES string of the molecule is CCCOc1ccc(C(=O)NCc2ccccc2OC)cc1OC. The zero-order chi connectivity index (χ0) is 17.4. The van der Waals surface area contributed by atoms with Crippen LogP contribution in [-0.2, 0) is 6.54 Å². The van der Waals surface area contributed by atoms with Crippen molar-refractivity contribution in [1.29, 1.82) is 0 Å². The summed E-state index contributed by atoms with van der Waals surface area (Å²) in [5.41, 5.74) is 1.44. The van der Waals surface area contributed by atoms with E-state index < -0.39 is 0 Å². The van der Waals surface area contributed by atoms with Crippen LogP contribution < -0.4 is 19.5 Å². The molecule has 0 fully saturated rings. The summed E-state index contributed by atoms with van der Waals surface area (Å²) >= 11 is 0. The number of carbonyl (C=O) groups excluding carboxylic acids is 1. The summed E-state index contributed by atoms with van der Waals surface area (Å²) in [4.78, 5) is 12.4. The van der Waals surface area contributed by atoms with Gasteiger partial charge in [0, 0.05) is 17.7 Å². The minimum absolute atomic E-state index is 0.179. The highest BCUT2D eigenvalue weighted by molar-refractivity contribution is 5.94. The Kier molecular flexibility index (Phi) is 6.49. The van der Waals surface area contributed by atoms with E-state index in [1.165, 1.54) is 0 Å². The molecule has 0 aliphatic rings. The first-order valence-electron chi connectivity index (χ1n) is 7.90. The maximum atomic E-state index is 12.4. The van der Waals surface area contributed by atoms with Crippen molar-refractivity contribution >= 4 is 5.91 Å². The van der Waals surface area contributed by atoms with Gasteiger partial charge in [-0.2, -0.15) is 0 Å². The molecule has 0 saturated carbocycles. The third-order valence-corrected chi connectivity index (χ3v) is 3.52. The Morgan fingerprint density at radius 2 is 1.75 bits per heavy atom. The predicted molar refractivity (Wildman–Crippen MR) is 92.9 cm³/mol. The number of hydrogen-bond acceptors (Lipinski definition) is 4. The molecule has 0 aromatic heterocycles. The Morgan fingerprint density at radius 1 is 1.00 bits per heavy atom. The van der Waals surface area contributed by atoms with Gasteiger partial charge >= 0.3 is 0 Å². The largest absolute Gasteiger partial charge is 0.496 e. The van der Waals surface area contributed by atoms with Gasteiger partial charge in [0.15, 0.2) is 11.5 Å². The summed E-state index contributed by atoms with van der Waals surface area (Å²) in [6.45, 7) is 3.03. The smallest absolute Gasteiger partial charge is 0.251 e. The minimum Gasteiger partial charge on any atom is -0.496 e. The first-order valence-corrected chi connectivity index (χ1v) is 7.90. The molecule has 24 heavy (non-hydrogen) atoms. The van der Waals surface area contributed by atoms with Crippen LogP contribution in [0.15, 0.2) is 42.5 Å². The Hall–Kier alpha value is -2.69. The molecule has 0 saturated heterocycles. The lowest BCUT2D eigenvalue weighted by Crippen LogP contribution is -2.23. The number of nitrogens with one attached hydrogen (secondary N) is 1. The van der Waals surface area contributed by atoms with Crippen LogP contribution in [0.4, 0.5) is 0 Å². The number of benzene rings is 2. The van der Waals surface area contributed by atoms with Crippen molar-refractivity contribution in [3.05, 3.63) is 53.6 Å². The molecule has 5 nitrogen and oxygen atoms in total. The lowest BCUT2D eigenvalue weighted by Gasteiger charge is -2.12. The third-order valence-electron chi connectivity index (χ3n) is 3.52. The second kappa shape index (κ2) is 8.82. The van der Waals surface area contributed by atoms with E-state index in [0.29, 0.717) is 30.2 Å². The molecule has 0 heterocycles. The second-order valence-electron chi connectivity index (χ2n) is 5.21. The minimum atomic E-state index is -0.179. The van der Waals surface area contributed by atoms with Gasteiger partial charge in [0.05, 0.1) is 20.8 Å². The molecule has 0 unspecified atom stereocenters. The van der Waals surface area contributed by atoms with Gasteiger partial charge < -0.3 is 19.5 Å². The van der Waals surface area contributed by atoms with Crippen LogP contribution >= 0.6 is 0 Å². The van der Waals surface area contributed by atoms with E-state index in [0.717, 1.165) is 17.7 Å². The van der Waals surface area contributed by atoms with Crippen molar-refractivity contribution in [2.24, 2.45) is 0 Å². The average Bonchev–Trinajstić information content (AvgIpc) is 2.64. The fourth-order valence-electron chi connectivity index (χ4n) is 2.27. The normalized spacial score (nSPS) is 10.1. The molecule has 128 valence electrons. The number of ether oxygens (including phenoxy) is 3. The monoisotopic (exact) mass is 329 g/mol. The Morgan fingerprint density at radius 3 is 2.46 bits per heavy atom. The molecule has 0 aliphatic carbocycles. The topological polar surface area (TPSA) is 56.8 Å². The molecule has 1 amide bonds. The first-order chi connectivity index (χ1) is 11.7. The molecule has 0 bridgehead atoms. The number of methoxy groups -OCH3 is 2. The van der Waals surface area contributed by atoms with Gasteiger partial charge in [-0.05, 0) is 30.7 Å². The Balaban J connectivity index is 2.06. The van der Waals surface area contributed by atoms with Crippen molar-refractivity contribution in [2.45, 2.75) is 19.9 Å². The van der Waals surface area contributed by atoms with E-state index in [1.807, 2.05) is 31.2 Å². The number of carbonyl (C=O) groups is 1. The van der Waals surface area contributed by atoms with Crippen LogP contribution in [0.5, 0.6) is 17.2 Å². The fraction of sp³-hybridized carbons (Fsp3) is 0.316. The summed E-state index contributed by atoms with van der Waals surface area (Å²) in [5.74, 6) is 1.76. The molecule has 0 aliphatic heterocycles. The van der Waals surface area contributed by atoms with Crippen molar-refractivity contribution < 1.29 is 19.0 Å². The third kappa shape index (κ3) is 4.41. The number of amides is 1. The van der Waals surface area contributed by atoms with E-state index in [9.17, 15) is 4.79 Å². The van der Waals surface area contributed by atoms with Crippen LogP contribution in [0, 0.1) is 0 Å². The highest BCUT2D eigenvalue weighted by Crippen LogP contribution is 2.28. The van der Waals surface area contributed by atoms with Crippen LogP contribution in [0.25, 0.3) is 0 Å². The summed E-state index contributed by atoms with van der Waals surface area (Å²) < 4.78 is 16.2. The standard InChI is InChI=1S/C19H23NO4/c1-4-11-24-17-10-9-14(12-18(17)23-3)19(21)20-13-15-7-5-6-8-16(15)22-2/h5-10,12H,4,11,13H2,1-3H3,(H,20,21). The average molecular weight is 329 g/mol. The lowest BCUT2D eigenvalue weighted by molar-refractivity contribution is 0.0950. The van der Waals surface area contributed by atoms with Crippen LogP contribution in [0.2, 0.25) is 0 Å². The van der Waals surface area contributed by atoms with Gasteiger partial charge in [0.1, 0.15) is 5.75 Å². The van der Waals surface area contributed by atoms with Gasteiger partial charge in [-0.3, -0.25) is 4.79 Å². The van der Waals surface area contributed by atoms with Gasteiger partial charge in [-0.25, -0.2) is 0 Å². The van der Waals surface area contributed by atoms with Crippen molar-refractivity contribution in [2.75, 3.05) is 20.8 Å². The Bertz CT molecular complexity index is 685. The predicted octanol–water partition coefficient (Wildman–Crippen LogP) is 3.42. The van der Waals surface area contributed by atoms with Gasteiger partial charge in [0.25, 0.3) is 5.91 Å². The van der Waals surface area contributed by atoms with Gasteiger partial charge in [-0.15, -0.1) is 0 Å². The molecule has 5 heteroatoms. The maximum Gasteiger partial charge on any atom is 0.251 e. The van der Waals surface area contributed by atoms with Gasteiger partial charge in [-0.1, -0.05) is 25.1 Å². The molecule has 2 aromatic rings. The van der Waals surface area contributed by atoms with Crippen LogP contribution in [-0.4, -0.2) is 26.7 Å². The van der Waals surface area contributed by atoms with E-state index >= 15 is 0 Å². The summed E-state index contributed by atoms with van der Waals surface area (Å²) in [6.07, 6.45) is 0.907. The molecule has 2 rings (SSSR count). The highest BCUT2D eigenvalue weighted by atomic mass is 16.5. The van der Waals surface area contributed by atoms with Crippen molar-refractivity contribution in [1.82, 2.24) is 5.32 Å². The van der Waals surface area contributed by atoms with E-state index in [2.05, 4.69) is 5.32 Å². The molecular formula is C19H23NO4. The van der Waals surface area contributed by atoms with E-state index in [-0.39, 0.29) is 5.91 Å². The summed E-state index contributed by atoms with van der Waals surface area (Å²) in [5, 5.41) is 2.89. The molecule has 0 radical (unpaired) electrons. The molecule has 1 N–H and O–H groups in total. The first kappa shape index (κ1) is 17.7. The molecular weight excluding hydrogens is 306 g/mol. The summed E-state index contributed by atoms with van der Waals surface area (Å²) in [6, 6.07) is 12.8. The quantitative estimate of drug-likeness (QED) is 0.806. The number of hydrogen-bond donors (Lipinski definition) is 1. The molecule has 2 aromatic carbocycles. The number of rotatable bonds is 8. The van der Waals surface area contributed by atoms with Crippen molar-refractivity contribution in [3.63, 3.8) is 0 Å². The maximum absolute atomic E-state index is 12.4. The molecule has 0 atom stereocenters. The second-order valence-corrected chi connectivity index (χ2v) is 5.21. The number of para-hydroxylation sites is 1. The van der Waals surface area contributed by atoms with Gasteiger partial charge in [0.2, 0.25) is 0 Å². The van der Waals surface area contributed by atoms with E-state index in [1.54, 1.807) is 32.4 Å². The van der Waals surface area contributed by atoms with Crippen molar-refractivity contribution in [3.8, 4) is 17.2 Å². The lowest BCUT2D eigenvalue weighted by atomic mass is 10.1. The fourth-order valence-corrected chi connectivity index (χ4v) is 2.27. The van der Waals surface area contributed by atoms with E-state index in [4.69, 9.17) is 14.2 Å². The van der Waals surface area contributed by atoms with Crippen LogP contribution in [0.1, 0.15) is 29.3 Å². The Labute approximate surface area is 142 Å². The summed E-state index contributed by atoms with van der Waals surface area (Å²) in [7, 11) is 3.17.